The highest BCUT2D eigenvalue weighted by atomic mass is 19.2. The Morgan fingerprint density at radius 2 is 1.54 bits per heavy atom. The minimum atomic E-state index is -2.33. The summed E-state index contributed by atoms with van der Waals surface area (Å²) < 4.78 is 87.7. The molecule has 2 fully saturated rings. The van der Waals surface area contributed by atoms with E-state index >= 15 is 0 Å². The van der Waals surface area contributed by atoms with E-state index in [0.717, 1.165) is 53.7 Å². The second kappa shape index (κ2) is 15.8. The van der Waals surface area contributed by atoms with E-state index in [1.54, 1.807) is 25.3 Å². The largest absolute Gasteiger partial charge is 0.392 e. The van der Waals surface area contributed by atoms with Crippen LogP contribution in [-0.2, 0) is 27.4 Å². The minimum absolute atomic E-state index is 0.0539. The first-order valence-corrected chi connectivity index (χ1v) is 16.4. The molecule has 1 amide bonds. The van der Waals surface area contributed by atoms with Crippen molar-refractivity contribution in [2.45, 2.75) is 57.0 Å². The maximum Gasteiger partial charge on any atom is 0.257 e. The van der Waals surface area contributed by atoms with E-state index in [2.05, 4.69) is 10.2 Å². The fourth-order valence-electron chi connectivity index (χ4n) is 6.61. The number of hydrogen-bond donors (Lipinski definition) is 2. The van der Waals surface area contributed by atoms with E-state index in [0.29, 0.717) is 24.6 Å². The van der Waals surface area contributed by atoms with Gasteiger partial charge in [-0.05, 0) is 59.3 Å². The third-order valence-corrected chi connectivity index (χ3v) is 9.22. The molecule has 0 spiro atoms. The number of carbonyl (C=O) groups is 1. The van der Waals surface area contributed by atoms with Crippen molar-refractivity contribution < 1.29 is 46.1 Å². The van der Waals surface area contributed by atoms with Crippen LogP contribution in [0.5, 0.6) is 0 Å². The molecule has 7 nitrogen and oxygen atoms in total. The van der Waals surface area contributed by atoms with Gasteiger partial charge in [0, 0.05) is 38.2 Å². The molecule has 0 aliphatic carbocycles. The van der Waals surface area contributed by atoms with Crippen LogP contribution in [0, 0.1) is 29.1 Å². The van der Waals surface area contributed by atoms with Crippen LogP contribution < -0.4 is 5.32 Å². The van der Waals surface area contributed by atoms with E-state index in [4.69, 9.17) is 14.2 Å². The summed E-state index contributed by atoms with van der Waals surface area (Å²) >= 11 is 0. The average Bonchev–Trinajstić information content (AvgIpc) is 3.58. The standard InChI is InChI=1S/C38H37F5N2O5/c1-48-21-28-9-4-14-45(28)19-29-17-30(24-12-10-22(20-46)11-13-24)50-38(49-29)27-8-3-7-26(16-27)25-6-2-5-23(15-25)18-44-37(47)31-32(39)34(41)36(43)35(42)33(31)40/h2-3,5-8,10-13,15-16,28-30,38,46H,4,9,14,17-21H2,1H3,(H,44,47)/t28-,29+,30-,38-/m0/s1. The molecule has 2 aliphatic rings. The average molecular weight is 697 g/mol. The number of methoxy groups -OCH3 is 1. The third-order valence-electron chi connectivity index (χ3n) is 9.22. The van der Waals surface area contributed by atoms with Crippen LogP contribution in [0.3, 0.4) is 0 Å². The quantitative estimate of drug-likeness (QED) is 0.0988. The first-order valence-electron chi connectivity index (χ1n) is 16.4. The van der Waals surface area contributed by atoms with Crippen LogP contribution in [0.25, 0.3) is 11.1 Å². The summed E-state index contributed by atoms with van der Waals surface area (Å²) in [5, 5.41) is 11.8. The fraction of sp³-hybridized carbons (Fsp3) is 0.342. The topological polar surface area (TPSA) is 80.3 Å². The summed E-state index contributed by atoms with van der Waals surface area (Å²) in [4.78, 5) is 14.9. The zero-order valence-electron chi connectivity index (χ0n) is 27.3. The van der Waals surface area contributed by atoms with Crippen LogP contribution >= 0.6 is 0 Å². The van der Waals surface area contributed by atoms with E-state index in [-0.39, 0.29) is 25.4 Å². The summed E-state index contributed by atoms with van der Waals surface area (Å²) in [6.45, 7) is 2.04. The number of rotatable bonds is 11. The molecule has 0 aromatic heterocycles. The van der Waals surface area contributed by atoms with Gasteiger partial charge in [-0.25, -0.2) is 22.0 Å². The Bertz CT molecular complexity index is 1800. The fourth-order valence-corrected chi connectivity index (χ4v) is 6.61. The lowest BCUT2D eigenvalue weighted by molar-refractivity contribution is -0.253. The van der Waals surface area contributed by atoms with Crippen molar-refractivity contribution in [1.29, 1.82) is 0 Å². The number of ether oxygens (including phenoxy) is 3. The minimum Gasteiger partial charge on any atom is -0.392 e. The normalized spacial score (nSPS) is 21.0. The molecule has 0 radical (unpaired) electrons. The zero-order valence-corrected chi connectivity index (χ0v) is 27.3. The number of aliphatic hydroxyl groups excluding tert-OH is 1. The van der Waals surface area contributed by atoms with Crippen molar-refractivity contribution in [2.75, 3.05) is 26.8 Å². The number of hydrogen-bond acceptors (Lipinski definition) is 6. The number of nitrogens with zero attached hydrogens (tertiary/aromatic N) is 1. The number of halogens is 5. The zero-order chi connectivity index (χ0) is 35.4. The summed E-state index contributed by atoms with van der Waals surface area (Å²) in [6, 6.07) is 22.6. The van der Waals surface area contributed by atoms with Crippen LogP contribution in [0.15, 0.2) is 72.8 Å². The molecule has 264 valence electrons. The van der Waals surface area contributed by atoms with Gasteiger partial charge in [-0.1, -0.05) is 60.7 Å². The van der Waals surface area contributed by atoms with Crippen LogP contribution in [0.2, 0.25) is 0 Å². The molecule has 2 saturated heterocycles. The van der Waals surface area contributed by atoms with Gasteiger partial charge in [0.2, 0.25) is 5.82 Å². The first-order chi connectivity index (χ1) is 24.2. The second-order valence-electron chi connectivity index (χ2n) is 12.5. The van der Waals surface area contributed by atoms with E-state index in [1.807, 2.05) is 54.6 Å². The highest BCUT2D eigenvalue weighted by Gasteiger charge is 2.36. The Morgan fingerprint density at radius 3 is 2.24 bits per heavy atom. The second-order valence-corrected chi connectivity index (χ2v) is 12.5. The van der Waals surface area contributed by atoms with Gasteiger partial charge in [-0.15, -0.1) is 0 Å². The molecule has 2 heterocycles. The molecule has 0 saturated carbocycles. The van der Waals surface area contributed by atoms with Crippen molar-refractivity contribution in [2.24, 2.45) is 0 Å². The van der Waals surface area contributed by atoms with Crippen molar-refractivity contribution in [3.63, 3.8) is 0 Å². The van der Waals surface area contributed by atoms with E-state index in [9.17, 15) is 31.9 Å². The molecular weight excluding hydrogens is 659 g/mol. The molecule has 0 unspecified atom stereocenters. The Labute approximate surface area is 286 Å². The predicted octanol–water partition coefficient (Wildman–Crippen LogP) is 7.13. The van der Waals surface area contributed by atoms with Gasteiger partial charge in [0.15, 0.2) is 29.6 Å². The highest BCUT2D eigenvalue weighted by molar-refractivity contribution is 5.94. The van der Waals surface area contributed by atoms with Crippen LogP contribution in [-0.4, -0.2) is 54.9 Å². The Morgan fingerprint density at radius 1 is 0.860 bits per heavy atom. The number of carbonyl (C=O) groups excluding carboxylic acids is 1. The maximum atomic E-state index is 14.2. The molecule has 0 bridgehead atoms. The maximum absolute atomic E-state index is 14.2. The summed E-state index contributed by atoms with van der Waals surface area (Å²) in [5.41, 5.74) is 3.10. The van der Waals surface area contributed by atoms with Gasteiger partial charge in [0.1, 0.15) is 5.56 Å². The van der Waals surface area contributed by atoms with Crippen molar-refractivity contribution in [1.82, 2.24) is 10.2 Å². The number of likely N-dealkylation sites (tertiary alicyclic amines) is 1. The van der Waals surface area contributed by atoms with Gasteiger partial charge in [0.25, 0.3) is 5.91 Å². The molecule has 6 rings (SSSR count). The monoisotopic (exact) mass is 696 g/mol. The van der Waals surface area contributed by atoms with Crippen molar-refractivity contribution in [3.8, 4) is 11.1 Å². The predicted molar refractivity (Wildman–Crippen MR) is 174 cm³/mol. The molecule has 2 N–H and O–H groups in total. The van der Waals surface area contributed by atoms with Crippen molar-refractivity contribution >= 4 is 5.91 Å². The molecule has 2 aliphatic heterocycles. The number of amides is 1. The highest BCUT2D eigenvalue weighted by Crippen LogP contribution is 2.39. The summed E-state index contributed by atoms with van der Waals surface area (Å²) in [5.74, 6) is -12.5. The van der Waals surface area contributed by atoms with Gasteiger partial charge in [-0.2, -0.15) is 0 Å². The molecule has 50 heavy (non-hydrogen) atoms. The van der Waals surface area contributed by atoms with Crippen LogP contribution in [0.4, 0.5) is 22.0 Å². The first kappa shape index (κ1) is 35.6. The number of nitrogens with one attached hydrogen (secondary N) is 1. The number of aliphatic hydroxyl groups is 1. The number of benzene rings is 4. The van der Waals surface area contributed by atoms with E-state index in [1.165, 1.54) is 0 Å². The molecule has 4 aromatic carbocycles. The molecule has 4 aromatic rings. The SMILES string of the molecule is COC[C@@H]1CCCN1C[C@H]1C[C@@H](c2ccc(CO)cc2)O[C@@H](c2cccc(-c3cccc(CNC(=O)c4c(F)c(F)c(F)c(F)c4F)c3)c2)O1. The lowest BCUT2D eigenvalue weighted by Crippen LogP contribution is -2.42. The molecule has 12 heteroatoms. The van der Waals surface area contributed by atoms with Crippen LogP contribution in [0.1, 0.15) is 64.3 Å². The Balaban J connectivity index is 1.21. The van der Waals surface area contributed by atoms with Crippen molar-refractivity contribution in [3.05, 3.63) is 130 Å². The molecule has 4 atom stereocenters. The smallest absolute Gasteiger partial charge is 0.257 e. The van der Waals surface area contributed by atoms with Gasteiger partial charge in [-0.3, -0.25) is 9.69 Å². The lowest BCUT2D eigenvalue weighted by atomic mass is 9.98. The Hall–Kier alpha value is -4.20. The third kappa shape index (κ3) is 7.74. The molecular formula is C38H37F5N2O5. The van der Waals surface area contributed by atoms with E-state index < -0.39 is 46.8 Å². The van der Waals surface area contributed by atoms with Gasteiger partial charge in [0.05, 0.1) is 25.4 Å². The lowest BCUT2D eigenvalue weighted by Gasteiger charge is -2.39. The summed E-state index contributed by atoms with van der Waals surface area (Å²) in [7, 11) is 1.71. The Kier molecular flexibility index (Phi) is 11.2. The van der Waals surface area contributed by atoms with Gasteiger partial charge < -0.3 is 24.6 Å². The summed E-state index contributed by atoms with van der Waals surface area (Å²) in [6.07, 6.45) is 1.71. The van der Waals surface area contributed by atoms with Gasteiger partial charge >= 0.3 is 0 Å².